The predicted octanol–water partition coefficient (Wildman–Crippen LogP) is 2.19. The average molecular weight is 639 g/mol. The molecule has 4 atom stereocenters. The van der Waals surface area contributed by atoms with Gasteiger partial charge in [-0.2, -0.15) is 10.4 Å². The molecule has 3 aromatic rings. The van der Waals surface area contributed by atoms with E-state index < -0.39 is 5.41 Å². The van der Waals surface area contributed by atoms with Crippen molar-refractivity contribution in [2.45, 2.75) is 82.5 Å². The second kappa shape index (κ2) is 12.4. The van der Waals surface area contributed by atoms with Gasteiger partial charge in [0, 0.05) is 37.3 Å². The molecule has 246 valence electrons. The molecule has 2 aromatic carbocycles. The standard InChI is InChI=1S/C35H42N8O4/c1-19(2)43-34(47)40-33(41-43)35(16-20(3)39-18-30(44)42-26(17-36)14-25-15-29(25)42)27-10-8-23(31(45)37-4)12-21(27)6-7-22-13-24(32(46)38-5)9-11-28(22)35/h8-13,19-20,25-26,29,39H,6-7,14-16,18H2,1-5H3,(H,37,45)(H,38,46)(H,40,41,47)/t20-,25+,26?,29-/m0/s1. The number of piperidine rings is 1. The topological polar surface area (TPSA) is 165 Å². The van der Waals surface area contributed by atoms with Crippen molar-refractivity contribution in [3.05, 3.63) is 86.1 Å². The lowest BCUT2D eigenvalue weighted by Crippen LogP contribution is -2.46. The van der Waals surface area contributed by atoms with E-state index in [1.807, 2.05) is 45.0 Å². The maximum absolute atomic E-state index is 13.4. The van der Waals surface area contributed by atoms with Crippen molar-refractivity contribution >= 4 is 17.7 Å². The van der Waals surface area contributed by atoms with Crippen LogP contribution in [0.25, 0.3) is 0 Å². The van der Waals surface area contributed by atoms with Gasteiger partial charge >= 0.3 is 5.69 Å². The maximum Gasteiger partial charge on any atom is 0.343 e. The van der Waals surface area contributed by atoms with E-state index in [0.29, 0.717) is 42.1 Å². The molecular weight excluding hydrogens is 596 g/mol. The minimum Gasteiger partial charge on any atom is -0.355 e. The quantitative estimate of drug-likeness (QED) is 0.279. The number of rotatable bonds is 9. The number of hydrogen-bond donors (Lipinski definition) is 4. The van der Waals surface area contributed by atoms with Crippen molar-refractivity contribution in [3.8, 4) is 6.07 Å². The average Bonchev–Trinajstić information content (AvgIpc) is 3.60. The van der Waals surface area contributed by atoms with Crippen molar-refractivity contribution in [1.29, 1.82) is 5.26 Å². The van der Waals surface area contributed by atoms with Crippen LogP contribution in [0.15, 0.2) is 41.2 Å². The number of nitrogens with one attached hydrogen (secondary N) is 4. The number of benzene rings is 2. The normalized spacial score (nSPS) is 21.1. The summed E-state index contributed by atoms with van der Waals surface area (Å²) in [6.45, 7) is 5.86. The van der Waals surface area contributed by atoms with E-state index in [9.17, 15) is 24.4 Å². The van der Waals surface area contributed by atoms with Gasteiger partial charge in [0.15, 0.2) is 0 Å². The first-order chi connectivity index (χ1) is 22.5. The lowest BCUT2D eigenvalue weighted by Gasteiger charge is -2.37. The Bertz CT molecular complexity index is 1770. The Morgan fingerprint density at radius 1 is 1.00 bits per heavy atom. The van der Waals surface area contributed by atoms with Gasteiger partial charge in [0.05, 0.1) is 24.1 Å². The van der Waals surface area contributed by atoms with Gasteiger partial charge in [-0.15, -0.1) is 0 Å². The third-order valence-electron chi connectivity index (χ3n) is 10.1. The highest BCUT2D eigenvalue weighted by atomic mass is 16.2. The summed E-state index contributed by atoms with van der Waals surface area (Å²) in [4.78, 5) is 57.0. The molecule has 12 heteroatoms. The Labute approximate surface area is 273 Å². The molecule has 2 heterocycles. The fourth-order valence-corrected chi connectivity index (χ4v) is 7.68. The zero-order chi connectivity index (χ0) is 33.6. The molecule has 3 amide bonds. The minimum absolute atomic E-state index is 0.0700. The number of H-pyrrole nitrogens is 1. The summed E-state index contributed by atoms with van der Waals surface area (Å²) in [5.41, 5.74) is 3.34. The van der Waals surface area contributed by atoms with Gasteiger partial charge in [-0.1, -0.05) is 12.1 Å². The molecule has 1 saturated carbocycles. The van der Waals surface area contributed by atoms with Crippen LogP contribution in [0, 0.1) is 17.2 Å². The second-order valence-corrected chi connectivity index (χ2v) is 13.4. The summed E-state index contributed by atoms with van der Waals surface area (Å²) in [6, 6.07) is 12.9. The molecule has 2 fully saturated rings. The number of carbonyl (C=O) groups excluding carboxylic acids is 3. The number of nitriles is 1. The highest BCUT2D eigenvalue weighted by Crippen LogP contribution is 2.48. The first-order valence-corrected chi connectivity index (χ1v) is 16.4. The van der Waals surface area contributed by atoms with E-state index in [2.05, 4.69) is 27.0 Å². The van der Waals surface area contributed by atoms with E-state index in [1.54, 1.807) is 31.1 Å². The Morgan fingerprint density at radius 3 is 2.11 bits per heavy atom. The lowest BCUT2D eigenvalue weighted by atomic mass is 9.67. The molecule has 1 unspecified atom stereocenters. The molecule has 6 rings (SSSR count). The monoisotopic (exact) mass is 638 g/mol. The summed E-state index contributed by atoms with van der Waals surface area (Å²) in [5.74, 6) is 0.376. The summed E-state index contributed by atoms with van der Waals surface area (Å²) in [6.07, 6.45) is 3.28. The summed E-state index contributed by atoms with van der Waals surface area (Å²) < 4.78 is 1.43. The zero-order valence-corrected chi connectivity index (χ0v) is 27.5. The number of fused-ring (bicyclic) bond motifs is 3. The SMILES string of the molecule is CNC(=O)c1ccc2c(c1)CCc1cc(C(=O)NC)ccc1C2(C[C@H](C)NCC(=O)N1C(C#N)C[C@@H]2C[C@@H]21)c1nn(C(C)C)c(=O)[nH]1. The molecule has 47 heavy (non-hydrogen) atoms. The first-order valence-electron chi connectivity index (χ1n) is 16.4. The number of likely N-dealkylation sites (tertiary alicyclic amines) is 1. The Balaban J connectivity index is 1.48. The van der Waals surface area contributed by atoms with E-state index in [4.69, 9.17) is 5.10 Å². The van der Waals surface area contributed by atoms with Crippen LogP contribution in [0.5, 0.6) is 0 Å². The highest BCUT2D eigenvalue weighted by molar-refractivity contribution is 5.95. The first kappa shape index (κ1) is 32.2. The molecule has 2 aliphatic carbocycles. The smallest absolute Gasteiger partial charge is 0.343 e. The molecule has 4 N–H and O–H groups in total. The number of nitrogens with zero attached hydrogens (tertiary/aromatic N) is 4. The van der Waals surface area contributed by atoms with Gasteiger partial charge in [0.1, 0.15) is 11.9 Å². The third-order valence-corrected chi connectivity index (χ3v) is 10.1. The molecule has 12 nitrogen and oxygen atoms in total. The van der Waals surface area contributed by atoms with Gasteiger partial charge in [0.2, 0.25) is 5.91 Å². The third kappa shape index (κ3) is 5.63. The Morgan fingerprint density at radius 2 is 1.60 bits per heavy atom. The van der Waals surface area contributed by atoms with E-state index >= 15 is 0 Å². The van der Waals surface area contributed by atoms with E-state index in [0.717, 1.165) is 35.1 Å². The summed E-state index contributed by atoms with van der Waals surface area (Å²) in [7, 11) is 3.19. The number of aromatic nitrogens is 3. The van der Waals surface area contributed by atoms with E-state index in [-0.39, 0.29) is 54.1 Å². The van der Waals surface area contributed by atoms with Crippen LogP contribution < -0.4 is 21.6 Å². The fourth-order valence-electron chi connectivity index (χ4n) is 7.68. The van der Waals surface area contributed by atoms with Gasteiger partial charge in [-0.25, -0.2) is 9.48 Å². The number of aromatic amines is 1. The molecule has 1 aliphatic heterocycles. The van der Waals surface area contributed by atoms with Crippen molar-refractivity contribution in [3.63, 3.8) is 0 Å². The molecular formula is C35H42N8O4. The van der Waals surface area contributed by atoms with Crippen LogP contribution in [0.2, 0.25) is 0 Å². The van der Waals surface area contributed by atoms with Gasteiger partial charge in [0.25, 0.3) is 11.8 Å². The number of amides is 3. The minimum atomic E-state index is -1.01. The number of aryl methyl sites for hydroxylation is 2. The predicted molar refractivity (Wildman–Crippen MR) is 175 cm³/mol. The van der Waals surface area contributed by atoms with Gasteiger partial charge < -0.3 is 20.9 Å². The van der Waals surface area contributed by atoms with Crippen LogP contribution in [0.3, 0.4) is 0 Å². The van der Waals surface area contributed by atoms with E-state index in [1.165, 1.54) is 4.68 Å². The largest absolute Gasteiger partial charge is 0.355 e. The number of carbonyl (C=O) groups is 3. The second-order valence-electron chi connectivity index (χ2n) is 13.4. The van der Waals surface area contributed by atoms with Gasteiger partial charge in [-0.3, -0.25) is 19.4 Å². The van der Waals surface area contributed by atoms with Crippen LogP contribution in [-0.4, -0.2) is 76.2 Å². The zero-order valence-electron chi connectivity index (χ0n) is 27.5. The van der Waals surface area contributed by atoms with Crippen LogP contribution in [0.1, 0.15) is 94.9 Å². The molecule has 0 bridgehead atoms. The summed E-state index contributed by atoms with van der Waals surface area (Å²) in [5, 5.41) is 23.4. The molecule has 0 spiro atoms. The van der Waals surface area contributed by atoms with Crippen molar-refractivity contribution in [1.82, 2.24) is 35.6 Å². The van der Waals surface area contributed by atoms with Crippen LogP contribution in [-0.2, 0) is 23.1 Å². The molecule has 3 aliphatic rings. The van der Waals surface area contributed by atoms with Crippen molar-refractivity contribution in [2.24, 2.45) is 5.92 Å². The summed E-state index contributed by atoms with van der Waals surface area (Å²) >= 11 is 0. The molecule has 1 aromatic heterocycles. The Hall–Kier alpha value is -4.76. The lowest BCUT2D eigenvalue weighted by molar-refractivity contribution is -0.131. The van der Waals surface area contributed by atoms with Crippen molar-refractivity contribution in [2.75, 3.05) is 20.6 Å². The number of hydrogen-bond acceptors (Lipinski definition) is 7. The fraction of sp³-hybridized carbons (Fsp3) is 0.486. The van der Waals surface area contributed by atoms with Crippen LogP contribution in [0.4, 0.5) is 0 Å². The van der Waals surface area contributed by atoms with Gasteiger partial charge in [-0.05, 0) is 105 Å². The highest BCUT2D eigenvalue weighted by Gasteiger charge is 2.54. The maximum atomic E-state index is 13.4. The van der Waals surface area contributed by atoms with Crippen molar-refractivity contribution < 1.29 is 14.4 Å². The van der Waals surface area contributed by atoms with Crippen LogP contribution >= 0.6 is 0 Å². The Kier molecular flexibility index (Phi) is 8.53. The molecule has 1 saturated heterocycles. The molecule has 0 radical (unpaired) electrons.